The third kappa shape index (κ3) is 2.94. The second kappa shape index (κ2) is 7.92. The van der Waals surface area contributed by atoms with Gasteiger partial charge < -0.3 is 4.42 Å². The molecule has 0 spiro atoms. The molecule has 0 N–H and O–H groups in total. The summed E-state index contributed by atoms with van der Waals surface area (Å²) in [6.45, 7) is 4.59. The van der Waals surface area contributed by atoms with Gasteiger partial charge in [-0.3, -0.25) is 4.57 Å². The molecule has 41 heavy (non-hydrogen) atoms. The van der Waals surface area contributed by atoms with Crippen LogP contribution in [0.4, 0.5) is 0 Å². The summed E-state index contributed by atoms with van der Waals surface area (Å²) in [5.41, 5.74) is 9.29. The van der Waals surface area contributed by atoms with Gasteiger partial charge in [0.2, 0.25) is 0 Å². The van der Waals surface area contributed by atoms with Gasteiger partial charge in [-0.25, -0.2) is 9.97 Å². The first-order chi connectivity index (χ1) is 20.1. The molecule has 1 aliphatic rings. The van der Waals surface area contributed by atoms with Crippen molar-refractivity contribution < 1.29 is 4.42 Å². The van der Waals surface area contributed by atoms with Gasteiger partial charge >= 0.3 is 0 Å². The van der Waals surface area contributed by atoms with Crippen LogP contribution in [0.3, 0.4) is 0 Å². The molecule has 0 saturated carbocycles. The highest BCUT2D eigenvalue weighted by atomic mass is 16.3. The number of aromatic nitrogens is 3. The van der Waals surface area contributed by atoms with E-state index in [1.807, 2.05) is 30.3 Å². The zero-order valence-electron chi connectivity index (χ0n) is 22.7. The quantitative estimate of drug-likeness (QED) is 0.225. The van der Waals surface area contributed by atoms with Crippen LogP contribution in [0.15, 0.2) is 120 Å². The van der Waals surface area contributed by atoms with Crippen molar-refractivity contribution in [2.45, 2.75) is 19.3 Å². The fraction of sp³-hybridized carbons (Fsp3) is 0.0811. The van der Waals surface area contributed by atoms with Crippen LogP contribution in [-0.4, -0.2) is 14.5 Å². The van der Waals surface area contributed by atoms with Gasteiger partial charge in [0.25, 0.3) is 0 Å². The van der Waals surface area contributed by atoms with E-state index >= 15 is 0 Å². The van der Waals surface area contributed by atoms with E-state index in [0.29, 0.717) is 0 Å². The van der Waals surface area contributed by atoms with E-state index in [-0.39, 0.29) is 5.41 Å². The van der Waals surface area contributed by atoms with Crippen LogP contribution in [0, 0.1) is 0 Å². The lowest BCUT2D eigenvalue weighted by Gasteiger charge is -2.24. The lowest BCUT2D eigenvalue weighted by Crippen LogP contribution is -2.19. The fourth-order valence-electron chi connectivity index (χ4n) is 6.95. The Kier molecular flexibility index (Phi) is 4.36. The lowest BCUT2D eigenvalue weighted by molar-refractivity contribution is 0.650. The highest BCUT2D eigenvalue weighted by Gasteiger charge is 2.41. The molecule has 0 aliphatic heterocycles. The summed E-state index contributed by atoms with van der Waals surface area (Å²) in [5, 5.41) is 4.59. The number of furan rings is 1. The molecule has 0 radical (unpaired) electrons. The normalized spacial score (nSPS) is 13.8. The third-order valence-electron chi connectivity index (χ3n) is 8.79. The van der Waals surface area contributed by atoms with E-state index < -0.39 is 0 Å². The first-order valence-electron chi connectivity index (χ1n) is 14.0. The van der Waals surface area contributed by atoms with Crippen molar-refractivity contribution >= 4 is 43.7 Å². The number of hydrogen-bond donors (Lipinski definition) is 0. The summed E-state index contributed by atoms with van der Waals surface area (Å²) >= 11 is 0. The molecule has 1 aliphatic carbocycles. The number of benzene rings is 5. The van der Waals surface area contributed by atoms with Crippen molar-refractivity contribution in [2.24, 2.45) is 0 Å². The molecule has 194 valence electrons. The van der Waals surface area contributed by atoms with Gasteiger partial charge in [0, 0.05) is 38.3 Å². The van der Waals surface area contributed by atoms with Gasteiger partial charge in [-0.15, -0.1) is 0 Å². The lowest BCUT2D eigenvalue weighted by atomic mass is 9.82. The number of para-hydroxylation sites is 2. The summed E-state index contributed by atoms with van der Waals surface area (Å²) in [5.74, 6) is 1.64. The summed E-state index contributed by atoms with van der Waals surface area (Å²) in [4.78, 5) is 10.7. The fourth-order valence-corrected chi connectivity index (χ4v) is 6.95. The Morgan fingerprint density at radius 2 is 1.37 bits per heavy atom. The Morgan fingerprint density at radius 3 is 2.24 bits per heavy atom. The molecule has 5 aromatic carbocycles. The minimum Gasteiger partial charge on any atom is -0.456 e. The molecule has 3 heterocycles. The highest BCUT2D eigenvalue weighted by Crippen LogP contribution is 2.51. The van der Waals surface area contributed by atoms with E-state index in [0.717, 1.165) is 61.4 Å². The Bertz CT molecular complexity index is 2340. The first kappa shape index (κ1) is 22.6. The van der Waals surface area contributed by atoms with Gasteiger partial charge in [0.05, 0.1) is 22.1 Å². The molecule has 0 atom stereocenters. The maximum absolute atomic E-state index is 6.38. The minimum atomic E-state index is -0.291. The van der Waals surface area contributed by atoms with Crippen LogP contribution in [0.25, 0.3) is 72.2 Å². The number of hydrogen-bond acceptors (Lipinski definition) is 3. The average Bonchev–Trinajstić information content (AvgIpc) is 3.63. The van der Waals surface area contributed by atoms with Crippen LogP contribution in [0.5, 0.6) is 0 Å². The summed E-state index contributed by atoms with van der Waals surface area (Å²) in [6, 6.07) is 40.2. The van der Waals surface area contributed by atoms with Crippen molar-refractivity contribution in [2.75, 3.05) is 0 Å². The molecular weight excluding hydrogens is 502 g/mol. The summed E-state index contributed by atoms with van der Waals surface area (Å²) in [7, 11) is 0. The Morgan fingerprint density at radius 1 is 0.634 bits per heavy atom. The SMILES string of the molecule is CC1(C)c2ccccc2-c2nc(-c3ccccc3)nc(-n3c4ccccc4c4ccc5oc6ccccc6c5c43)c21. The molecule has 0 fully saturated rings. The molecule has 0 unspecified atom stereocenters. The minimum absolute atomic E-state index is 0.291. The predicted octanol–water partition coefficient (Wildman–Crippen LogP) is 9.45. The first-order valence-corrected chi connectivity index (χ1v) is 14.0. The number of fused-ring (bicyclic) bond motifs is 10. The van der Waals surface area contributed by atoms with Crippen molar-refractivity contribution in [3.05, 3.63) is 126 Å². The average molecular weight is 528 g/mol. The Balaban J connectivity index is 1.52. The van der Waals surface area contributed by atoms with E-state index in [1.165, 1.54) is 21.9 Å². The van der Waals surface area contributed by atoms with Gasteiger partial charge in [0.15, 0.2) is 5.82 Å². The number of rotatable bonds is 2. The topological polar surface area (TPSA) is 43.9 Å². The van der Waals surface area contributed by atoms with Crippen molar-refractivity contribution in [3.8, 4) is 28.5 Å². The molecule has 9 rings (SSSR count). The van der Waals surface area contributed by atoms with E-state index in [9.17, 15) is 0 Å². The number of nitrogens with zero attached hydrogens (tertiary/aromatic N) is 3. The van der Waals surface area contributed by atoms with Crippen LogP contribution in [0.1, 0.15) is 25.0 Å². The highest BCUT2D eigenvalue weighted by molar-refractivity contribution is 6.24. The summed E-state index contributed by atoms with van der Waals surface area (Å²) < 4.78 is 8.75. The molecule has 4 heteroatoms. The molecule has 0 bridgehead atoms. The third-order valence-corrected chi connectivity index (χ3v) is 8.79. The molecule has 0 amide bonds. The van der Waals surface area contributed by atoms with Crippen LogP contribution >= 0.6 is 0 Å². The Labute approximate surface area is 236 Å². The van der Waals surface area contributed by atoms with Crippen molar-refractivity contribution in [1.82, 2.24) is 14.5 Å². The molecule has 4 nitrogen and oxygen atoms in total. The molecule has 3 aromatic heterocycles. The van der Waals surface area contributed by atoms with Crippen molar-refractivity contribution in [3.63, 3.8) is 0 Å². The van der Waals surface area contributed by atoms with Gasteiger partial charge in [-0.1, -0.05) is 105 Å². The van der Waals surface area contributed by atoms with E-state index in [1.54, 1.807) is 0 Å². The van der Waals surface area contributed by atoms with Crippen LogP contribution in [-0.2, 0) is 5.41 Å². The van der Waals surface area contributed by atoms with E-state index in [2.05, 4.69) is 103 Å². The largest absolute Gasteiger partial charge is 0.456 e. The molecule has 0 saturated heterocycles. The van der Waals surface area contributed by atoms with Crippen LogP contribution in [0.2, 0.25) is 0 Å². The zero-order valence-corrected chi connectivity index (χ0v) is 22.7. The van der Waals surface area contributed by atoms with Gasteiger partial charge in [-0.2, -0.15) is 0 Å². The smallest absolute Gasteiger partial charge is 0.162 e. The van der Waals surface area contributed by atoms with E-state index in [4.69, 9.17) is 14.4 Å². The van der Waals surface area contributed by atoms with Gasteiger partial charge in [-0.05, 0) is 29.8 Å². The maximum atomic E-state index is 6.38. The maximum Gasteiger partial charge on any atom is 0.162 e. The van der Waals surface area contributed by atoms with Gasteiger partial charge in [0.1, 0.15) is 17.0 Å². The standard InChI is InChI=1S/C37H25N3O/c1-37(2)27-17-9-6-15-25(27)33-32(37)36(39-35(38-33)22-12-4-3-5-13-22)40-28-18-10-7-14-23(28)24-20-21-30-31(34(24)40)26-16-8-11-19-29(26)41-30/h3-21H,1-2H3. The predicted molar refractivity (Wildman–Crippen MR) is 167 cm³/mol. The van der Waals surface area contributed by atoms with Crippen LogP contribution < -0.4 is 0 Å². The second-order valence-electron chi connectivity index (χ2n) is 11.4. The molecular formula is C37H25N3O. The second-order valence-corrected chi connectivity index (χ2v) is 11.4. The summed E-state index contributed by atoms with van der Waals surface area (Å²) in [6.07, 6.45) is 0. The monoisotopic (exact) mass is 527 g/mol. The van der Waals surface area contributed by atoms with Crippen molar-refractivity contribution in [1.29, 1.82) is 0 Å². The Hall–Kier alpha value is -5.22. The molecule has 8 aromatic rings. The zero-order chi connectivity index (χ0) is 27.3.